The van der Waals surface area contributed by atoms with Gasteiger partial charge in [0.2, 0.25) is 0 Å². The Morgan fingerprint density at radius 3 is 0.486 bits per heavy atom. The van der Waals surface area contributed by atoms with Crippen LogP contribution in [0.4, 0.5) is 0 Å². The van der Waals surface area contributed by atoms with Gasteiger partial charge in [0.15, 0.2) is 37.7 Å². The molecule has 22 heterocycles. The lowest BCUT2D eigenvalue weighted by atomic mass is 9.94. The van der Waals surface area contributed by atoms with Crippen molar-refractivity contribution in [2.75, 3.05) is 39.6 Å². The van der Waals surface area contributed by atoms with Crippen molar-refractivity contribution >= 4 is 0 Å². The Labute approximate surface area is 409 Å². The van der Waals surface area contributed by atoms with Crippen LogP contribution in [-0.2, 0) is 56.8 Å². The maximum atomic E-state index is 11.2. The Morgan fingerprint density at radius 1 is 0.264 bits per heavy atom. The van der Waals surface area contributed by atoms with Gasteiger partial charge < -0.3 is 154 Å². The molecular weight excluding hydrogens is 990 g/mol. The summed E-state index contributed by atoms with van der Waals surface area (Å²) >= 11 is 0. The van der Waals surface area contributed by atoms with E-state index in [-0.39, 0.29) is 5.54 Å². The molecule has 22 aliphatic rings. The monoisotopic (exact) mass is 1060 g/mol. The second kappa shape index (κ2) is 25.5. The first kappa shape index (κ1) is 60.0. The Kier molecular flexibility index (Phi) is 21.2. The van der Waals surface area contributed by atoms with Gasteiger partial charge in [-0.15, -0.1) is 0 Å². The van der Waals surface area contributed by atoms with Crippen LogP contribution in [0.15, 0.2) is 0 Å². The molecule has 22 fully saturated rings. The van der Waals surface area contributed by atoms with E-state index in [1.165, 1.54) is 0 Å². The lowest BCUT2D eigenvalue weighted by Gasteiger charge is -2.50. The van der Waals surface area contributed by atoms with Crippen LogP contribution in [0.5, 0.6) is 0 Å². The zero-order valence-electron chi connectivity index (χ0n) is 39.0. The van der Waals surface area contributed by atoms with E-state index < -0.39 is 224 Å². The van der Waals surface area contributed by atoms with E-state index in [1.807, 2.05) is 20.8 Å². The van der Waals surface area contributed by atoms with Gasteiger partial charge in [-0.2, -0.15) is 0 Å². The summed E-state index contributed by atoms with van der Waals surface area (Å²) in [5.41, 5.74) is 1.95. The van der Waals surface area contributed by atoms with Crippen LogP contribution in [-0.4, -0.2) is 327 Å². The molecule has 20 N–H and O–H groups in total. The largest absolute Gasteiger partial charge is 0.394 e. The number of hydrogen-bond acceptors (Lipinski definition) is 32. The average Bonchev–Trinajstić information content (AvgIpc) is 3.36. The lowest BCUT2D eigenvalue weighted by molar-refractivity contribution is -0.404. The number of hydrogen-bond donors (Lipinski definition) is 20. The zero-order chi connectivity index (χ0) is 53.3. The third-order valence-electron chi connectivity index (χ3n) is 13.0. The molecule has 0 radical (unpaired) electrons. The second-order valence-corrected chi connectivity index (χ2v) is 19.2. The topological polar surface area (TPSA) is 507 Å². The summed E-state index contributed by atoms with van der Waals surface area (Å²) in [6.45, 7) is -0.347. The minimum Gasteiger partial charge on any atom is -0.394 e. The van der Waals surface area contributed by atoms with Gasteiger partial charge in [0, 0.05) is 5.54 Å². The van der Waals surface area contributed by atoms with Crippen LogP contribution >= 0.6 is 0 Å². The molecule has 72 heavy (non-hydrogen) atoms. The maximum Gasteiger partial charge on any atom is 0.187 e. The lowest BCUT2D eigenvalue weighted by Crippen LogP contribution is -2.69. The van der Waals surface area contributed by atoms with Crippen LogP contribution in [0, 0.1) is 0 Å². The van der Waals surface area contributed by atoms with Gasteiger partial charge in [0.1, 0.15) is 146 Å². The highest BCUT2D eigenvalue weighted by atomic mass is 16.8. The molecule has 0 spiro atoms. The molecule has 0 amide bonds. The van der Waals surface area contributed by atoms with E-state index in [2.05, 4.69) is 5.48 Å². The van der Waals surface area contributed by atoms with E-state index >= 15 is 0 Å². The quantitative estimate of drug-likeness (QED) is 0.110. The molecule has 0 aromatic rings. The minimum absolute atomic E-state index is 0.153. The first-order chi connectivity index (χ1) is 34.0. The highest BCUT2D eigenvalue weighted by molar-refractivity contribution is 5.01. The van der Waals surface area contributed by atoms with Crippen molar-refractivity contribution in [3.05, 3.63) is 0 Å². The van der Waals surface area contributed by atoms with Gasteiger partial charge in [-0.25, -0.2) is 5.48 Å². The summed E-state index contributed by atoms with van der Waals surface area (Å²) in [6.07, 6.45) is -58.5. The third kappa shape index (κ3) is 12.7. The van der Waals surface area contributed by atoms with Gasteiger partial charge >= 0.3 is 0 Å². The fraction of sp³-hybridized carbons (Fsp3) is 1.00. The SMILES string of the molecule is CC(C)(C)NO.OC[C@H]1O[C@@H]2O[C@H]3[C@H](O)[C@@H](O)[C@@H](O[C@H]4[C@H](O)[C@@H](O)[C@@H](O[C@H]5[C@H](O)[C@@H](O)[C@@H](O[C@H]6[C@H](O)[C@@H](O)[C@@H](O[C@H]7[C@H](O)[C@@H](O)[C@@H](O[C@H]1[C@H](O)[C@H]2O)O[C@@H]7CO)O[C@@H]6CO)O[C@@H]5CO)O[C@@H]4CO)O[C@@H]3CO. The highest BCUT2D eigenvalue weighted by Crippen LogP contribution is 2.38. The molecule has 12 bridgehead atoms. The molecule has 32 heteroatoms. The van der Waals surface area contributed by atoms with E-state index in [9.17, 15) is 91.9 Å². The zero-order valence-corrected chi connectivity index (χ0v) is 39.0. The molecule has 0 saturated carbocycles. The molecule has 30 atom stereocenters. The predicted molar refractivity (Wildman–Crippen MR) is 220 cm³/mol. The molecule has 0 unspecified atom stereocenters. The molecule has 0 aromatic carbocycles. The summed E-state index contributed by atoms with van der Waals surface area (Å²) in [4.78, 5) is 0. The van der Waals surface area contributed by atoms with Crippen molar-refractivity contribution in [1.29, 1.82) is 0 Å². The van der Waals surface area contributed by atoms with Gasteiger partial charge in [-0.3, -0.25) is 0 Å². The number of aliphatic hydroxyl groups is 18. The fourth-order valence-electron chi connectivity index (χ4n) is 8.93. The number of aliphatic hydroxyl groups excluding tert-OH is 18. The van der Waals surface area contributed by atoms with Crippen molar-refractivity contribution in [3.8, 4) is 0 Å². The molecule has 22 rings (SSSR count). The third-order valence-corrected chi connectivity index (χ3v) is 13.0. The molecule has 22 aliphatic heterocycles. The fourth-order valence-corrected chi connectivity index (χ4v) is 8.93. The van der Waals surface area contributed by atoms with Crippen LogP contribution in [0.3, 0.4) is 0 Å². The predicted octanol–water partition coefficient (Wildman–Crippen LogP) is -12.3. The van der Waals surface area contributed by atoms with Crippen LogP contribution in [0.2, 0.25) is 0 Å². The van der Waals surface area contributed by atoms with Crippen LogP contribution < -0.4 is 5.48 Å². The molecule has 422 valence electrons. The van der Waals surface area contributed by atoms with E-state index in [0.29, 0.717) is 0 Å². The summed E-state index contributed by atoms with van der Waals surface area (Å²) in [7, 11) is 0. The molecule has 0 aromatic heterocycles. The summed E-state index contributed by atoms with van der Waals surface area (Å²) in [5, 5.41) is 204. The van der Waals surface area contributed by atoms with Gasteiger partial charge in [0.05, 0.1) is 39.6 Å². The van der Waals surface area contributed by atoms with Crippen molar-refractivity contribution in [2.45, 2.75) is 211 Å². The smallest absolute Gasteiger partial charge is 0.187 e. The first-order valence-corrected chi connectivity index (χ1v) is 23.1. The summed E-state index contributed by atoms with van der Waals surface area (Å²) < 4.78 is 67.9. The first-order valence-electron chi connectivity index (χ1n) is 23.1. The van der Waals surface area contributed by atoms with E-state index in [1.54, 1.807) is 0 Å². The average molecular weight is 1060 g/mol. The van der Waals surface area contributed by atoms with Gasteiger partial charge in [-0.1, -0.05) is 0 Å². The Morgan fingerprint density at radius 2 is 0.389 bits per heavy atom. The second-order valence-electron chi connectivity index (χ2n) is 19.2. The molecule has 0 aliphatic carbocycles. The van der Waals surface area contributed by atoms with Crippen molar-refractivity contribution in [3.63, 3.8) is 0 Å². The molecule has 32 nitrogen and oxygen atoms in total. The summed E-state index contributed by atoms with van der Waals surface area (Å²) in [5.74, 6) is 0. The highest BCUT2D eigenvalue weighted by Gasteiger charge is 2.58. The molecule has 22 saturated heterocycles. The van der Waals surface area contributed by atoms with Gasteiger partial charge in [-0.05, 0) is 20.8 Å². The van der Waals surface area contributed by atoms with Crippen molar-refractivity contribution in [1.82, 2.24) is 5.48 Å². The molecular formula is C40H71NO31. The van der Waals surface area contributed by atoms with Crippen LogP contribution in [0.25, 0.3) is 0 Å². The van der Waals surface area contributed by atoms with Gasteiger partial charge in [0.25, 0.3) is 0 Å². The Hall–Kier alpha value is -1.28. The van der Waals surface area contributed by atoms with E-state index in [4.69, 9.17) is 62.0 Å². The number of ether oxygens (including phenoxy) is 12. The van der Waals surface area contributed by atoms with Crippen molar-refractivity contribution in [2.24, 2.45) is 0 Å². The Balaban J connectivity index is 0.00000133. The Bertz CT molecular complexity index is 1350. The normalized spacial score (nSPS) is 51.8. The van der Waals surface area contributed by atoms with E-state index in [0.717, 1.165) is 0 Å². The number of hydroxylamine groups is 1. The summed E-state index contributed by atoms with van der Waals surface area (Å²) in [6, 6.07) is 0. The van der Waals surface area contributed by atoms with Crippen LogP contribution in [0.1, 0.15) is 20.8 Å². The maximum absolute atomic E-state index is 11.2. The number of nitrogens with one attached hydrogen (secondary N) is 1. The standard InChI is InChI=1S/C36H60O30.C4H11NO/c37-1-7-25-13(43)19(49)31(55-7)62-26-8(2-38)57-33(21(51)15(26)45)64-28-10(4-40)59-35(23(53)17(28)47)66-30-12(6-42)60-36(24(54)18(30)48)65-29-11(5-41)58-34(22(52)16(29)46)63-27-9(3-39)56-32(61-25)20(50)14(27)44;1-4(2,3)5-6/h7-54H,1-6H2;5-6H,1-3H3/t7-,8-,9-,10-,11-,12-,13-,14-,15-,16-,17-,18-,19-,20-,21-,22-,23-,24-,25-,26-,27-,28-,29-,30-,31-,32-,33-,34-,35-,36-;/m1./s1. The minimum atomic E-state index is -2.15. The van der Waals surface area contributed by atoms with Crippen molar-refractivity contribution < 1.29 is 154 Å². The number of rotatable bonds is 6.